The first-order valence-corrected chi connectivity index (χ1v) is 24.6. The molecule has 3 heterocycles. The molecule has 4 aromatic rings. The van der Waals surface area contributed by atoms with Crippen LogP contribution >= 0.6 is 0 Å². The molecule has 18 heteroatoms. The third-order valence-electron chi connectivity index (χ3n) is 12.7. The number of anilines is 2. The first kappa shape index (κ1) is 54.5. The summed E-state index contributed by atoms with van der Waals surface area (Å²) in [7, 11) is 0. The predicted octanol–water partition coefficient (Wildman–Crippen LogP) is 5.91. The monoisotopic (exact) mass is 968 g/mol. The molecular weight excluding hydrogens is 895 g/mol. The van der Waals surface area contributed by atoms with E-state index in [1.54, 1.807) is 11.8 Å². The third kappa shape index (κ3) is 16.9. The number of ketones is 2. The zero-order valence-electron chi connectivity index (χ0n) is 41.8. The van der Waals surface area contributed by atoms with E-state index in [0.717, 1.165) is 73.4 Å². The fraction of sp³-hybridized carbons (Fsp3) is 0.538. The highest BCUT2D eigenvalue weighted by Gasteiger charge is 2.28. The summed E-state index contributed by atoms with van der Waals surface area (Å²) in [6.45, 7) is 16.6. The van der Waals surface area contributed by atoms with Crippen molar-refractivity contribution in [2.45, 2.75) is 112 Å². The van der Waals surface area contributed by atoms with Gasteiger partial charge in [-0.3, -0.25) is 28.9 Å². The number of piperazine rings is 1. The van der Waals surface area contributed by atoms with Crippen LogP contribution in [0.5, 0.6) is 0 Å². The van der Waals surface area contributed by atoms with E-state index < -0.39 is 23.8 Å². The summed E-state index contributed by atoms with van der Waals surface area (Å²) in [5, 5.41) is 17.7. The Bertz CT molecular complexity index is 2400. The van der Waals surface area contributed by atoms with Crippen molar-refractivity contribution in [3.63, 3.8) is 0 Å². The van der Waals surface area contributed by atoms with Gasteiger partial charge in [0.05, 0.1) is 31.2 Å². The molecule has 3 amide bonds. The number of nitrogens with two attached hydrogens (primary N) is 1. The minimum atomic E-state index is -1.05. The van der Waals surface area contributed by atoms with Crippen LogP contribution in [0, 0.1) is 24.7 Å². The summed E-state index contributed by atoms with van der Waals surface area (Å²) in [5.41, 5.74) is 12.9. The molecule has 6 N–H and O–H groups in total. The maximum absolute atomic E-state index is 13.2. The minimum absolute atomic E-state index is 0.00345. The first-order valence-electron chi connectivity index (χ1n) is 24.6. The largest absolute Gasteiger partial charge is 0.481 e. The zero-order valence-corrected chi connectivity index (χ0v) is 41.8. The van der Waals surface area contributed by atoms with Crippen molar-refractivity contribution in [1.82, 2.24) is 35.0 Å². The zero-order chi connectivity index (χ0) is 50.7. The molecule has 1 saturated heterocycles. The Morgan fingerprint density at radius 3 is 2.23 bits per heavy atom. The lowest BCUT2D eigenvalue weighted by Gasteiger charge is -2.34. The molecule has 0 aliphatic carbocycles. The number of aliphatic carboxylic acids is 1. The van der Waals surface area contributed by atoms with Crippen molar-refractivity contribution in [2.75, 3.05) is 63.5 Å². The molecule has 0 saturated carbocycles. The molecule has 0 bridgehead atoms. The van der Waals surface area contributed by atoms with E-state index in [-0.39, 0.29) is 93.4 Å². The van der Waals surface area contributed by atoms with Crippen molar-refractivity contribution in [3.05, 3.63) is 82.5 Å². The minimum Gasteiger partial charge on any atom is -0.481 e. The predicted molar refractivity (Wildman–Crippen MR) is 268 cm³/mol. The molecule has 1 unspecified atom stereocenters. The quantitative estimate of drug-likeness (QED) is 0.0416. The molecule has 3 atom stereocenters. The average molecular weight is 968 g/mol. The number of hydrogen-bond donors (Lipinski definition) is 5. The van der Waals surface area contributed by atoms with Crippen LogP contribution in [-0.2, 0) is 59.6 Å². The molecule has 1 aliphatic rings. The van der Waals surface area contributed by atoms with Gasteiger partial charge in [-0.25, -0.2) is 9.78 Å². The number of amides is 3. The van der Waals surface area contributed by atoms with E-state index in [9.17, 15) is 28.8 Å². The molecule has 1 aliphatic heterocycles. The van der Waals surface area contributed by atoms with E-state index in [1.165, 1.54) is 23.6 Å². The van der Waals surface area contributed by atoms with E-state index in [4.69, 9.17) is 20.3 Å². The van der Waals surface area contributed by atoms with E-state index in [2.05, 4.69) is 67.4 Å². The van der Waals surface area contributed by atoms with Crippen LogP contribution in [0.4, 0.5) is 16.6 Å². The van der Waals surface area contributed by atoms with Gasteiger partial charge in [0, 0.05) is 89.7 Å². The van der Waals surface area contributed by atoms with E-state index in [0.29, 0.717) is 19.6 Å². The van der Waals surface area contributed by atoms with Gasteiger partial charge < -0.3 is 45.7 Å². The smallest absolute Gasteiger partial charge is 0.410 e. The van der Waals surface area contributed by atoms with Gasteiger partial charge in [0.1, 0.15) is 17.9 Å². The number of carboxylic acid groups (broad SMARTS) is 1. The lowest BCUT2D eigenvalue weighted by atomic mass is 9.88. The fourth-order valence-electron chi connectivity index (χ4n) is 8.31. The van der Waals surface area contributed by atoms with Gasteiger partial charge >= 0.3 is 12.1 Å². The van der Waals surface area contributed by atoms with Crippen LogP contribution in [0.3, 0.4) is 0 Å². The van der Waals surface area contributed by atoms with Crippen LogP contribution in [0.1, 0.15) is 101 Å². The van der Waals surface area contributed by atoms with Crippen LogP contribution in [0.15, 0.2) is 54.7 Å². The normalized spacial score (nSPS) is 14.2. The number of hydrogen-bond acceptors (Lipinski definition) is 13. The van der Waals surface area contributed by atoms with Crippen molar-refractivity contribution in [2.24, 2.45) is 17.8 Å². The molecule has 5 rings (SSSR count). The lowest BCUT2D eigenvalue weighted by molar-refractivity contribution is -0.140. The number of rotatable bonds is 28. The Morgan fingerprint density at radius 1 is 0.829 bits per heavy atom. The topological polar surface area (TPSA) is 240 Å². The second kappa shape index (κ2) is 27.1. The van der Waals surface area contributed by atoms with Crippen molar-refractivity contribution in [3.8, 4) is 0 Å². The van der Waals surface area contributed by atoms with Crippen LogP contribution < -0.4 is 21.7 Å². The summed E-state index contributed by atoms with van der Waals surface area (Å²) in [5.74, 6) is -2.58. The number of nitrogen functional groups attached to an aromatic ring is 1. The number of Topliss-reactive ketones (excluding diaryl/α,β-unsaturated/α-hetero) is 2. The molecule has 380 valence electrons. The molecule has 2 aromatic heterocycles. The Morgan fingerprint density at radius 2 is 1.54 bits per heavy atom. The highest BCUT2D eigenvalue weighted by atomic mass is 16.6. The number of nitrogens with one attached hydrogen (secondary N) is 3. The highest BCUT2D eigenvalue weighted by molar-refractivity contribution is 5.92. The number of fused-ring (bicyclic) bond motifs is 1. The molecule has 18 nitrogen and oxygen atoms in total. The summed E-state index contributed by atoms with van der Waals surface area (Å²) < 4.78 is 13.3. The molecular formula is C52H73N9O9. The standard InChI is InChI=1S/C52H73N9O9/c1-7-8-9-18-54-48-47-44(57-51(53)58-48)16-20-61(47)32-41-15-14-40(27-35(41)4)31-59-21-23-60(24-22-59)52(68)70-33-39-12-10-38(11-13-39)29-45(63)37(6)56-50(67)43(34(2)3)30-42(62)17-25-69-26-19-55-49(66)36(5)28-46(64)65/h10-16,20,27,34,36-37,43H,7-9,17-19,21-26,28-33H2,1-6H3,(H,55,66)(H,56,67)(H,64,65)(H3,53,54,57,58)/t36?,37-,43-/m0/s1. The Hall–Kier alpha value is -6.40. The van der Waals surface area contributed by atoms with Crippen molar-refractivity contribution in [1.29, 1.82) is 0 Å². The number of aryl methyl sites for hydroxylation is 1. The maximum Gasteiger partial charge on any atom is 0.410 e. The van der Waals surface area contributed by atoms with E-state index in [1.807, 2.05) is 50.4 Å². The van der Waals surface area contributed by atoms with Gasteiger partial charge in [0.15, 0.2) is 11.6 Å². The first-order chi connectivity index (χ1) is 33.5. The number of nitrogens with zero attached hydrogens (tertiary/aromatic N) is 5. The Labute approximate surface area is 411 Å². The van der Waals surface area contributed by atoms with Gasteiger partial charge in [-0.1, -0.05) is 83.0 Å². The van der Waals surface area contributed by atoms with Gasteiger partial charge in [-0.15, -0.1) is 0 Å². The van der Waals surface area contributed by atoms with Gasteiger partial charge in [-0.2, -0.15) is 4.98 Å². The summed E-state index contributed by atoms with van der Waals surface area (Å²) >= 11 is 0. The van der Waals surface area contributed by atoms with Crippen LogP contribution in [0.2, 0.25) is 0 Å². The lowest BCUT2D eigenvalue weighted by Crippen LogP contribution is -2.48. The van der Waals surface area contributed by atoms with Gasteiger partial charge in [0.2, 0.25) is 17.8 Å². The fourth-order valence-corrected chi connectivity index (χ4v) is 8.31. The summed E-state index contributed by atoms with van der Waals surface area (Å²) in [6.07, 6.45) is 4.92. The molecule has 0 spiro atoms. The highest BCUT2D eigenvalue weighted by Crippen LogP contribution is 2.25. The van der Waals surface area contributed by atoms with Crippen LogP contribution in [0.25, 0.3) is 11.0 Å². The second-order valence-electron chi connectivity index (χ2n) is 18.8. The van der Waals surface area contributed by atoms with Crippen molar-refractivity contribution < 1.29 is 43.3 Å². The molecule has 2 aromatic carbocycles. The second-order valence-corrected chi connectivity index (χ2v) is 18.8. The number of unbranched alkanes of at least 4 members (excludes halogenated alkanes) is 2. The third-order valence-corrected chi connectivity index (χ3v) is 12.7. The summed E-state index contributed by atoms with van der Waals surface area (Å²) in [4.78, 5) is 87.9. The molecule has 0 radical (unpaired) electrons. The number of ether oxygens (including phenoxy) is 2. The Balaban J connectivity index is 0.987. The SMILES string of the molecule is CCCCCNc1nc(N)nc2ccn(Cc3ccc(CN4CCN(C(=O)OCc5ccc(CC(=O)[C@H](C)NC(=O)[C@@H](CC(=O)CCOCCNC(=O)C(C)CC(=O)O)C(C)C)cc5)CC4)cc3C)c12. The van der Waals surface area contributed by atoms with Gasteiger partial charge in [0.25, 0.3) is 0 Å². The molecule has 70 heavy (non-hydrogen) atoms. The van der Waals surface area contributed by atoms with Gasteiger partial charge in [-0.05, 0) is 60.1 Å². The number of carbonyl (C=O) groups is 6. The van der Waals surface area contributed by atoms with E-state index >= 15 is 0 Å². The maximum atomic E-state index is 13.2. The Kier molecular flexibility index (Phi) is 21.1. The number of carboxylic acids is 1. The summed E-state index contributed by atoms with van der Waals surface area (Å²) in [6, 6.07) is 15.1. The number of carbonyl (C=O) groups excluding carboxylic acids is 5. The van der Waals surface area contributed by atoms with Crippen LogP contribution in [-0.4, -0.2) is 123 Å². The molecule has 1 fully saturated rings. The average Bonchev–Trinajstić information content (AvgIpc) is 3.72. The number of benzene rings is 2. The number of aromatic nitrogens is 3. The van der Waals surface area contributed by atoms with Crippen molar-refractivity contribution >= 4 is 58.2 Å².